The Kier molecular flexibility index (Phi) is 4.43. The van der Waals surface area contributed by atoms with Crippen LogP contribution in [0.4, 0.5) is 0 Å². The molecular weight excluding hydrogens is 280 g/mol. The maximum atomic E-state index is 12.8. The fourth-order valence-electron chi connectivity index (χ4n) is 3.37. The lowest BCUT2D eigenvalue weighted by molar-refractivity contribution is -0.170. The standard InChI is InChI=1S/C17H22N2O3/c1-2-22-17(21)15-9-11-18-10-8-14(16(20)19(15)18)12-13-6-4-3-5-7-13/h3-7,14-15H,2,8-12H2,1H3. The first-order valence-electron chi connectivity index (χ1n) is 7.99. The SMILES string of the molecule is CCOC(=O)C1CCN2CCC(Cc3ccccc3)C(=O)N12. The second-order valence-corrected chi connectivity index (χ2v) is 5.87. The van der Waals surface area contributed by atoms with Crippen LogP contribution in [0.3, 0.4) is 0 Å². The predicted molar refractivity (Wildman–Crippen MR) is 81.7 cm³/mol. The fourth-order valence-corrected chi connectivity index (χ4v) is 3.37. The van der Waals surface area contributed by atoms with Gasteiger partial charge >= 0.3 is 5.97 Å². The summed E-state index contributed by atoms with van der Waals surface area (Å²) >= 11 is 0. The lowest BCUT2D eigenvalue weighted by atomic mass is 9.93. The van der Waals surface area contributed by atoms with E-state index in [1.54, 1.807) is 11.9 Å². The highest BCUT2D eigenvalue weighted by Gasteiger charge is 2.45. The molecule has 2 unspecified atom stereocenters. The van der Waals surface area contributed by atoms with E-state index in [1.807, 2.05) is 35.3 Å². The summed E-state index contributed by atoms with van der Waals surface area (Å²) in [4.78, 5) is 24.9. The van der Waals surface area contributed by atoms with Crippen LogP contribution in [-0.2, 0) is 20.7 Å². The first-order valence-corrected chi connectivity index (χ1v) is 7.99. The van der Waals surface area contributed by atoms with E-state index in [4.69, 9.17) is 4.74 Å². The second-order valence-electron chi connectivity index (χ2n) is 5.87. The van der Waals surface area contributed by atoms with Gasteiger partial charge in [0.25, 0.3) is 0 Å². The van der Waals surface area contributed by atoms with Gasteiger partial charge in [0.2, 0.25) is 5.91 Å². The third-order valence-electron chi connectivity index (χ3n) is 4.45. The van der Waals surface area contributed by atoms with Crippen molar-refractivity contribution in [3.05, 3.63) is 35.9 Å². The van der Waals surface area contributed by atoms with Gasteiger partial charge in [0.05, 0.1) is 6.61 Å². The molecule has 5 nitrogen and oxygen atoms in total. The molecule has 1 aromatic carbocycles. The Morgan fingerprint density at radius 1 is 1.23 bits per heavy atom. The van der Waals surface area contributed by atoms with Gasteiger partial charge in [-0.2, -0.15) is 0 Å². The first kappa shape index (κ1) is 15.0. The molecule has 2 fully saturated rings. The van der Waals surface area contributed by atoms with Crippen LogP contribution in [0.25, 0.3) is 0 Å². The van der Waals surface area contributed by atoms with Crippen molar-refractivity contribution in [2.24, 2.45) is 5.92 Å². The van der Waals surface area contributed by atoms with E-state index < -0.39 is 6.04 Å². The highest BCUT2D eigenvalue weighted by molar-refractivity contribution is 5.86. The average molecular weight is 302 g/mol. The van der Waals surface area contributed by atoms with Crippen molar-refractivity contribution in [3.8, 4) is 0 Å². The second kappa shape index (κ2) is 6.48. The van der Waals surface area contributed by atoms with Crippen LogP contribution in [0.5, 0.6) is 0 Å². The lowest BCUT2D eigenvalue weighted by Gasteiger charge is -2.39. The van der Waals surface area contributed by atoms with E-state index in [0.29, 0.717) is 13.0 Å². The Balaban J connectivity index is 1.72. The molecule has 0 N–H and O–H groups in total. The molecule has 118 valence electrons. The van der Waals surface area contributed by atoms with Gasteiger partial charge in [-0.1, -0.05) is 30.3 Å². The predicted octanol–water partition coefficient (Wildman–Crippen LogP) is 1.63. The molecule has 2 heterocycles. The monoisotopic (exact) mass is 302 g/mol. The molecule has 0 aromatic heterocycles. The molecule has 0 spiro atoms. The summed E-state index contributed by atoms with van der Waals surface area (Å²) in [6, 6.07) is 9.62. The Morgan fingerprint density at radius 3 is 2.68 bits per heavy atom. The normalized spacial score (nSPS) is 25.1. The van der Waals surface area contributed by atoms with Gasteiger partial charge in [-0.25, -0.2) is 9.80 Å². The number of rotatable bonds is 4. The maximum absolute atomic E-state index is 12.8. The molecule has 22 heavy (non-hydrogen) atoms. The lowest BCUT2D eigenvalue weighted by Crippen LogP contribution is -2.55. The van der Waals surface area contributed by atoms with Crippen molar-refractivity contribution in [3.63, 3.8) is 0 Å². The van der Waals surface area contributed by atoms with Crippen molar-refractivity contribution in [2.45, 2.75) is 32.2 Å². The van der Waals surface area contributed by atoms with Gasteiger partial charge in [-0.05, 0) is 31.7 Å². The molecule has 1 amide bonds. The van der Waals surface area contributed by atoms with Crippen molar-refractivity contribution < 1.29 is 14.3 Å². The van der Waals surface area contributed by atoms with E-state index in [-0.39, 0.29) is 17.8 Å². The summed E-state index contributed by atoms with van der Waals surface area (Å²) in [6.07, 6.45) is 2.25. The molecule has 5 heteroatoms. The Hall–Kier alpha value is -1.88. The summed E-state index contributed by atoms with van der Waals surface area (Å²) in [5, 5.41) is 3.67. The number of hydrazine groups is 1. The van der Waals surface area contributed by atoms with E-state index in [0.717, 1.165) is 25.9 Å². The van der Waals surface area contributed by atoms with Crippen LogP contribution in [-0.4, -0.2) is 47.6 Å². The number of carbonyl (C=O) groups is 2. The quantitative estimate of drug-likeness (QED) is 0.793. The third kappa shape index (κ3) is 2.86. The molecule has 0 radical (unpaired) electrons. The van der Waals surface area contributed by atoms with Gasteiger partial charge < -0.3 is 4.74 Å². The highest BCUT2D eigenvalue weighted by Crippen LogP contribution is 2.29. The van der Waals surface area contributed by atoms with E-state index in [2.05, 4.69) is 0 Å². The fraction of sp³-hybridized carbons (Fsp3) is 0.529. The zero-order valence-corrected chi connectivity index (χ0v) is 12.9. The molecule has 0 aliphatic carbocycles. The van der Waals surface area contributed by atoms with Crippen LogP contribution >= 0.6 is 0 Å². The van der Waals surface area contributed by atoms with Crippen molar-refractivity contribution >= 4 is 11.9 Å². The van der Waals surface area contributed by atoms with Gasteiger partial charge in [0.15, 0.2) is 0 Å². The number of ether oxygens (including phenoxy) is 1. The van der Waals surface area contributed by atoms with Gasteiger partial charge in [-0.3, -0.25) is 9.80 Å². The number of hydrogen-bond acceptors (Lipinski definition) is 4. The topological polar surface area (TPSA) is 49.9 Å². The van der Waals surface area contributed by atoms with E-state index in [9.17, 15) is 9.59 Å². The zero-order valence-electron chi connectivity index (χ0n) is 12.9. The summed E-state index contributed by atoms with van der Waals surface area (Å²) in [7, 11) is 0. The summed E-state index contributed by atoms with van der Waals surface area (Å²) in [5.41, 5.74) is 1.17. The molecule has 0 saturated carbocycles. The minimum Gasteiger partial charge on any atom is -0.464 e. The summed E-state index contributed by atoms with van der Waals surface area (Å²) in [6.45, 7) is 3.73. The molecule has 3 rings (SSSR count). The molecule has 1 aromatic rings. The molecule has 2 atom stereocenters. The number of esters is 1. The van der Waals surface area contributed by atoms with Crippen LogP contribution in [0.1, 0.15) is 25.3 Å². The molecule has 2 aliphatic rings. The average Bonchev–Trinajstić information content (AvgIpc) is 2.96. The van der Waals surface area contributed by atoms with Crippen LogP contribution in [0, 0.1) is 5.92 Å². The maximum Gasteiger partial charge on any atom is 0.330 e. The van der Waals surface area contributed by atoms with E-state index in [1.165, 1.54) is 5.56 Å². The van der Waals surface area contributed by atoms with Crippen LogP contribution in [0.2, 0.25) is 0 Å². The number of benzene rings is 1. The van der Waals surface area contributed by atoms with Crippen LogP contribution < -0.4 is 0 Å². The molecule has 2 aliphatic heterocycles. The number of amides is 1. The Labute approximate surface area is 130 Å². The minimum atomic E-state index is -0.439. The Bertz CT molecular complexity index is 546. The number of fused-ring (bicyclic) bond motifs is 1. The molecule has 0 bridgehead atoms. The third-order valence-corrected chi connectivity index (χ3v) is 4.45. The first-order chi connectivity index (χ1) is 10.7. The Morgan fingerprint density at radius 2 is 1.95 bits per heavy atom. The summed E-state index contributed by atoms with van der Waals surface area (Å²) < 4.78 is 5.12. The van der Waals surface area contributed by atoms with Crippen molar-refractivity contribution in [1.29, 1.82) is 0 Å². The minimum absolute atomic E-state index is 0.0475. The van der Waals surface area contributed by atoms with Gasteiger partial charge in [0.1, 0.15) is 6.04 Å². The molecular formula is C17H22N2O3. The highest BCUT2D eigenvalue weighted by atomic mass is 16.5. The van der Waals surface area contributed by atoms with Gasteiger partial charge in [-0.15, -0.1) is 0 Å². The number of carbonyl (C=O) groups excluding carboxylic acids is 2. The van der Waals surface area contributed by atoms with Gasteiger partial charge in [0, 0.05) is 19.0 Å². The summed E-state index contributed by atoms with van der Waals surface area (Å²) in [5.74, 6) is -0.266. The van der Waals surface area contributed by atoms with E-state index >= 15 is 0 Å². The van der Waals surface area contributed by atoms with Crippen LogP contribution in [0.15, 0.2) is 30.3 Å². The van der Waals surface area contributed by atoms with Crippen molar-refractivity contribution in [1.82, 2.24) is 10.0 Å². The van der Waals surface area contributed by atoms with Crippen molar-refractivity contribution in [2.75, 3.05) is 19.7 Å². The largest absolute Gasteiger partial charge is 0.464 e. The number of nitrogens with zero attached hydrogens (tertiary/aromatic N) is 2. The molecule has 2 saturated heterocycles. The zero-order chi connectivity index (χ0) is 15.5. The smallest absolute Gasteiger partial charge is 0.330 e. The number of hydrogen-bond donors (Lipinski definition) is 0.